The number of piperidine rings is 1. The average molecular weight is 324 g/mol. The molecule has 2 N–H and O–H groups in total. The van der Waals surface area contributed by atoms with Crippen LogP contribution in [0.15, 0.2) is 37.1 Å². The van der Waals surface area contributed by atoms with Gasteiger partial charge in [-0.25, -0.2) is 9.97 Å². The van der Waals surface area contributed by atoms with Crippen molar-refractivity contribution in [3.8, 4) is 11.3 Å². The molecular weight excluding hydrogens is 304 g/mol. The smallest absolute Gasteiger partial charge is 0.227 e. The molecule has 8 nitrogen and oxygen atoms in total. The number of hydrogen-bond donors (Lipinski definition) is 2. The Morgan fingerprint density at radius 2 is 2.12 bits per heavy atom. The van der Waals surface area contributed by atoms with Crippen LogP contribution in [0.1, 0.15) is 18.9 Å². The highest BCUT2D eigenvalue weighted by molar-refractivity contribution is 5.59. The van der Waals surface area contributed by atoms with Gasteiger partial charge in [-0.2, -0.15) is 10.2 Å². The second-order valence-corrected chi connectivity index (χ2v) is 6.12. The van der Waals surface area contributed by atoms with Gasteiger partial charge in [0.1, 0.15) is 0 Å². The lowest BCUT2D eigenvalue weighted by atomic mass is 10.1. The number of aromatic nitrogens is 6. The summed E-state index contributed by atoms with van der Waals surface area (Å²) in [5.41, 5.74) is 2.66. The Kier molecular flexibility index (Phi) is 3.96. The third-order valence-corrected chi connectivity index (χ3v) is 4.37. The van der Waals surface area contributed by atoms with Crippen molar-refractivity contribution in [3.05, 3.63) is 37.1 Å². The summed E-state index contributed by atoms with van der Waals surface area (Å²) in [4.78, 5) is 11.2. The van der Waals surface area contributed by atoms with E-state index in [1.807, 2.05) is 24.7 Å². The van der Waals surface area contributed by atoms with Crippen molar-refractivity contribution in [1.29, 1.82) is 0 Å². The summed E-state index contributed by atoms with van der Waals surface area (Å²) in [5, 5.41) is 14.5. The van der Waals surface area contributed by atoms with Gasteiger partial charge in [0.15, 0.2) is 0 Å². The number of anilines is 2. The maximum Gasteiger partial charge on any atom is 0.227 e. The van der Waals surface area contributed by atoms with Crippen molar-refractivity contribution >= 4 is 11.6 Å². The molecule has 3 aromatic heterocycles. The Bertz CT molecular complexity index is 786. The van der Waals surface area contributed by atoms with Crippen molar-refractivity contribution in [1.82, 2.24) is 34.8 Å². The number of nitrogens with one attached hydrogen (secondary N) is 2. The molecule has 0 saturated carbocycles. The van der Waals surface area contributed by atoms with Crippen molar-refractivity contribution in [2.75, 3.05) is 25.5 Å². The highest BCUT2D eigenvalue weighted by Crippen LogP contribution is 2.23. The molecule has 0 bridgehead atoms. The maximum atomic E-state index is 4.52. The Hall–Kier alpha value is -2.74. The first kappa shape index (κ1) is 14.8. The molecule has 0 amide bonds. The number of H-pyrrole nitrogens is 1. The standard InChI is InChI=1S/C16H20N8/c1-23-6-3-14(4-7-23)24-11-13(10-20-24)21-16-17-5-2-15(22-16)12-8-18-19-9-12/h2,5,8-11,14H,3-4,6-7H2,1H3,(H,18,19)(H,17,21,22). The van der Waals surface area contributed by atoms with E-state index in [1.165, 1.54) is 0 Å². The summed E-state index contributed by atoms with van der Waals surface area (Å²) in [5.74, 6) is 0.552. The van der Waals surface area contributed by atoms with Crippen LogP contribution >= 0.6 is 0 Å². The molecular formula is C16H20N8. The molecule has 1 aliphatic rings. The first-order valence-corrected chi connectivity index (χ1v) is 8.10. The Labute approximate surface area is 139 Å². The molecule has 24 heavy (non-hydrogen) atoms. The van der Waals surface area contributed by atoms with Crippen molar-refractivity contribution in [2.45, 2.75) is 18.9 Å². The quantitative estimate of drug-likeness (QED) is 0.764. The predicted octanol–water partition coefficient (Wildman–Crippen LogP) is 2.07. The van der Waals surface area contributed by atoms with Crippen LogP contribution in [-0.4, -0.2) is 55.0 Å². The van der Waals surface area contributed by atoms with Crippen LogP contribution in [-0.2, 0) is 0 Å². The molecule has 1 saturated heterocycles. The van der Waals surface area contributed by atoms with Crippen LogP contribution in [0, 0.1) is 0 Å². The van der Waals surface area contributed by atoms with Gasteiger partial charge >= 0.3 is 0 Å². The Morgan fingerprint density at radius 1 is 1.25 bits per heavy atom. The Morgan fingerprint density at radius 3 is 2.92 bits per heavy atom. The first-order chi connectivity index (χ1) is 11.8. The van der Waals surface area contributed by atoms with Gasteiger partial charge in [0.2, 0.25) is 5.95 Å². The highest BCUT2D eigenvalue weighted by Gasteiger charge is 2.19. The van der Waals surface area contributed by atoms with Gasteiger partial charge in [-0.15, -0.1) is 0 Å². The van der Waals surface area contributed by atoms with Crippen LogP contribution in [0.25, 0.3) is 11.3 Å². The van der Waals surface area contributed by atoms with Gasteiger partial charge in [0.25, 0.3) is 0 Å². The van der Waals surface area contributed by atoms with Crippen LogP contribution in [0.5, 0.6) is 0 Å². The van der Waals surface area contributed by atoms with E-state index in [0.29, 0.717) is 12.0 Å². The molecule has 124 valence electrons. The van der Waals surface area contributed by atoms with E-state index in [1.54, 1.807) is 12.4 Å². The topological polar surface area (TPSA) is 87.5 Å². The van der Waals surface area contributed by atoms with Gasteiger partial charge in [0.05, 0.1) is 29.8 Å². The van der Waals surface area contributed by atoms with Crippen molar-refractivity contribution < 1.29 is 0 Å². The zero-order valence-corrected chi connectivity index (χ0v) is 13.6. The number of nitrogens with zero attached hydrogens (tertiary/aromatic N) is 6. The number of hydrogen-bond acceptors (Lipinski definition) is 6. The van der Waals surface area contributed by atoms with Crippen LogP contribution in [0.2, 0.25) is 0 Å². The Balaban J connectivity index is 1.47. The van der Waals surface area contributed by atoms with Gasteiger partial charge in [-0.05, 0) is 39.0 Å². The summed E-state index contributed by atoms with van der Waals surface area (Å²) in [6, 6.07) is 2.33. The number of likely N-dealkylation sites (tertiary alicyclic amines) is 1. The zero-order chi connectivity index (χ0) is 16.4. The van der Waals surface area contributed by atoms with Crippen molar-refractivity contribution in [3.63, 3.8) is 0 Å². The van der Waals surface area contributed by atoms with E-state index < -0.39 is 0 Å². The lowest BCUT2D eigenvalue weighted by Crippen LogP contribution is -2.31. The van der Waals surface area contributed by atoms with Crippen LogP contribution < -0.4 is 5.32 Å². The second-order valence-electron chi connectivity index (χ2n) is 6.12. The fourth-order valence-electron chi connectivity index (χ4n) is 2.96. The molecule has 4 rings (SSSR count). The van der Waals surface area contributed by atoms with E-state index in [0.717, 1.165) is 42.9 Å². The van der Waals surface area contributed by atoms with Gasteiger partial charge in [-0.1, -0.05) is 0 Å². The fraction of sp³-hybridized carbons (Fsp3) is 0.375. The molecule has 0 radical (unpaired) electrons. The van der Waals surface area contributed by atoms with E-state index in [4.69, 9.17) is 0 Å². The monoisotopic (exact) mass is 324 g/mol. The maximum absolute atomic E-state index is 4.52. The minimum atomic E-state index is 0.468. The lowest BCUT2D eigenvalue weighted by molar-refractivity contribution is 0.212. The molecule has 0 spiro atoms. The molecule has 8 heteroatoms. The summed E-state index contributed by atoms with van der Waals surface area (Å²) in [6.45, 7) is 2.23. The zero-order valence-electron chi connectivity index (χ0n) is 13.6. The fourth-order valence-corrected chi connectivity index (χ4v) is 2.96. The van der Waals surface area contributed by atoms with Gasteiger partial charge in [0, 0.05) is 24.2 Å². The number of rotatable bonds is 4. The molecule has 3 aromatic rings. The van der Waals surface area contributed by atoms with E-state index in [2.05, 4.69) is 47.2 Å². The summed E-state index contributed by atoms with van der Waals surface area (Å²) in [6.07, 6.45) is 11.4. The summed E-state index contributed by atoms with van der Waals surface area (Å²) in [7, 11) is 2.16. The van der Waals surface area contributed by atoms with Gasteiger partial charge in [-0.3, -0.25) is 9.78 Å². The predicted molar refractivity (Wildman–Crippen MR) is 90.9 cm³/mol. The van der Waals surface area contributed by atoms with Crippen molar-refractivity contribution in [2.24, 2.45) is 0 Å². The molecule has 0 aromatic carbocycles. The third kappa shape index (κ3) is 3.13. The average Bonchev–Trinajstić information content (AvgIpc) is 3.28. The first-order valence-electron chi connectivity index (χ1n) is 8.10. The van der Waals surface area contributed by atoms with Crippen LogP contribution in [0.4, 0.5) is 11.6 Å². The lowest BCUT2D eigenvalue weighted by Gasteiger charge is -2.28. The molecule has 1 fully saturated rings. The largest absolute Gasteiger partial charge is 0.321 e. The molecule has 0 atom stereocenters. The molecule has 0 unspecified atom stereocenters. The SMILES string of the molecule is CN1CCC(n2cc(Nc3nccc(-c4cn[nH]c4)n3)cn2)CC1. The molecule has 0 aliphatic carbocycles. The second kappa shape index (κ2) is 6.40. The highest BCUT2D eigenvalue weighted by atomic mass is 15.3. The summed E-state index contributed by atoms with van der Waals surface area (Å²) >= 11 is 0. The minimum Gasteiger partial charge on any atom is -0.321 e. The van der Waals surface area contributed by atoms with E-state index in [-0.39, 0.29) is 0 Å². The molecule has 1 aliphatic heterocycles. The molecule has 4 heterocycles. The van der Waals surface area contributed by atoms with E-state index >= 15 is 0 Å². The minimum absolute atomic E-state index is 0.468. The summed E-state index contributed by atoms with van der Waals surface area (Å²) < 4.78 is 2.05. The third-order valence-electron chi connectivity index (χ3n) is 4.37. The van der Waals surface area contributed by atoms with E-state index in [9.17, 15) is 0 Å². The van der Waals surface area contributed by atoms with Crippen LogP contribution in [0.3, 0.4) is 0 Å². The number of aromatic amines is 1. The normalized spacial score (nSPS) is 16.4. The van der Waals surface area contributed by atoms with Gasteiger partial charge < -0.3 is 10.2 Å².